The summed E-state index contributed by atoms with van der Waals surface area (Å²) in [7, 11) is 0. The van der Waals surface area contributed by atoms with E-state index in [9.17, 15) is 0 Å². The number of hydrogen-bond acceptors (Lipinski definition) is 2. The Balaban J connectivity index is 2.76. The van der Waals surface area contributed by atoms with Gasteiger partial charge in [0.2, 0.25) is 0 Å². The van der Waals surface area contributed by atoms with Gasteiger partial charge in [0, 0.05) is 24.8 Å². The summed E-state index contributed by atoms with van der Waals surface area (Å²) in [5.74, 6) is 0. The molecule has 0 amide bonds. The molecule has 2 heteroatoms. The molecule has 0 heterocycles. The minimum atomic E-state index is 0.420. The SMILES string of the molecule is C=CCN(CCC)c1ccc(C(C)NCC)cc1. The van der Waals surface area contributed by atoms with E-state index in [0.29, 0.717) is 6.04 Å². The maximum absolute atomic E-state index is 3.83. The van der Waals surface area contributed by atoms with Crippen LogP contribution in [0.15, 0.2) is 36.9 Å². The lowest BCUT2D eigenvalue weighted by atomic mass is 10.1. The monoisotopic (exact) mass is 246 g/mol. The molecule has 0 aliphatic carbocycles. The quantitative estimate of drug-likeness (QED) is 0.703. The Morgan fingerprint density at radius 1 is 1.28 bits per heavy atom. The summed E-state index contributed by atoms with van der Waals surface area (Å²) in [6.07, 6.45) is 3.12. The minimum Gasteiger partial charge on any atom is -0.368 e. The summed E-state index contributed by atoms with van der Waals surface area (Å²) in [6, 6.07) is 9.27. The molecule has 1 rings (SSSR count). The first kappa shape index (κ1) is 14.8. The highest BCUT2D eigenvalue weighted by atomic mass is 15.1. The lowest BCUT2D eigenvalue weighted by molar-refractivity contribution is 0.598. The predicted octanol–water partition coefficient (Wildman–Crippen LogP) is 3.76. The molecule has 18 heavy (non-hydrogen) atoms. The molecular formula is C16H26N2. The van der Waals surface area contributed by atoms with E-state index in [-0.39, 0.29) is 0 Å². The van der Waals surface area contributed by atoms with Crippen LogP contribution in [0, 0.1) is 0 Å². The lowest BCUT2D eigenvalue weighted by Crippen LogP contribution is -2.24. The van der Waals surface area contributed by atoms with E-state index in [1.165, 1.54) is 11.3 Å². The van der Waals surface area contributed by atoms with Crippen LogP contribution in [0.1, 0.15) is 38.8 Å². The zero-order chi connectivity index (χ0) is 13.4. The van der Waals surface area contributed by atoms with Crippen LogP contribution < -0.4 is 10.2 Å². The molecule has 1 N–H and O–H groups in total. The fraction of sp³-hybridized carbons (Fsp3) is 0.500. The van der Waals surface area contributed by atoms with Crippen LogP contribution in [0.3, 0.4) is 0 Å². The second-order valence-electron chi connectivity index (χ2n) is 4.61. The number of nitrogens with zero attached hydrogens (tertiary/aromatic N) is 1. The molecular weight excluding hydrogens is 220 g/mol. The third-order valence-corrected chi connectivity index (χ3v) is 3.11. The molecule has 0 radical (unpaired) electrons. The van der Waals surface area contributed by atoms with Gasteiger partial charge in [-0.1, -0.05) is 32.1 Å². The standard InChI is InChI=1S/C16H26N2/c1-5-12-18(13-6-2)16-10-8-15(9-11-16)14(4)17-7-3/h5,8-11,14,17H,1,6-7,12-13H2,2-4H3. The van der Waals surface area contributed by atoms with Crippen molar-refractivity contribution in [3.05, 3.63) is 42.5 Å². The molecule has 0 spiro atoms. The smallest absolute Gasteiger partial charge is 0.0369 e. The first-order valence-electron chi connectivity index (χ1n) is 6.92. The van der Waals surface area contributed by atoms with Crippen molar-refractivity contribution in [2.24, 2.45) is 0 Å². The zero-order valence-electron chi connectivity index (χ0n) is 11.9. The topological polar surface area (TPSA) is 15.3 Å². The Kier molecular flexibility index (Phi) is 6.51. The third-order valence-electron chi connectivity index (χ3n) is 3.11. The van der Waals surface area contributed by atoms with E-state index in [1.807, 2.05) is 6.08 Å². The van der Waals surface area contributed by atoms with Crippen molar-refractivity contribution in [2.45, 2.75) is 33.2 Å². The second-order valence-corrected chi connectivity index (χ2v) is 4.61. The number of nitrogens with one attached hydrogen (secondary N) is 1. The fourth-order valence-electron chi connectivity index (χ4n) is 2.15. The van der Waals surface area contributed by atoms with Gasteiger partial charge < -0.3 is 10.2 Å². The first-order chi connectivity index (χ1) is 8.72. The van der Waals surface area contributed by atoms with Crippen LogP contribution in [0.4, 0.5) is 5.69 Å². The van der Waals surface area contributed by atoms with Crippen LogP contribution in [0.25, 0.3) is 0 Å². The normalized spacial score (nSPS) is 12.2. The molecule has 2 nitrogen and oxygen atoms in total. The molecule has 0 saturated carbocycles. The maximum Gasteiger partial charge on any atom is 0.0369 e. The van der Waals surface area contributed by atoms with Crippen LogP contribution in [0.2, 0.25) is 0 Å². The highest BCUT2D eigenvalue weighted by Gasteiger charge is 2.06. The van der Waals surface area contributed by atoms with Crippen molar-refractivity contribution >= 4 is 5.69 Å². The van der Waals surface area contributed by atoms with Crippen LogP contribution in [-0.4, -0.2) is 19.6 Å². The largest absolute Gasteiger partial charge is 0.368 e. The molecule has 0 aromatic heterocycles. The second kappa shape index (κ2) is 7.93. The predicted molar refractivity (Wildman–Crippen MR) is 81.2 cm³/mol. The molecule has 1 aromatic rings. The van der Waals surface area contributed by atoms with Gasteiger partial charge in [-0.2, -0.15) is 0 Å². The highest BCUT2D eigenvalue weighted by molar-refractivity contribution is 5.48. The van der Waals surface area contributed by atoms with Gasteiger partial charge in [0.1, 0.15) is 0 Å². The summed E-state index contributed by atoms with van der Waals surface area (Å²) in [4.78, 5) is 2.36. The molecule has 0 saturated heterocycles. The summed E-state index contributed by atoms with van der Waals surface area (Å²) >= 11 is 0. The van der Waals surface area contributed by atoms with Crippen molar-refractivity contribution in [2.75, 3.05) is 24.5 Å². The maximum atomic E-state index is 3.83. The Labute approximate surface area is 112 Å². The lowest BCUT2D eigenvalue weighted by Gasteiger charge is -2.23. The summed E-state index contributed by atoms with van der Waals surface area (Å²) in [5, 5.41) is 3.43. The van der Waals surface area contributed by atoms with Gasteiger partial charge in [-0.05, 0) is 37.6 Å². The number of benzene rings is 1. The van der Waals surface area contributed by atoms with E-state index < -0.39 is 0 Å². The fourth-order valence-corrected chi connectivity index (χ4v) is 2.15. The zero-order valence-corrected chi connectivity index (χ0v) is 11.9. The van der Waals surface area contributed by atoms with Crippen molar-refractivity contribution in [3.8, 4) is 0 Å². The van der Waals surface area contributed by atoms with Crippen LogP contribution in [-0.2, 0) is 0 Å². The molecule has 100 valence electrons. The Hall–Kier alpha value is -1.28. The van der Waals surface area contributed by atoms with Crippen molar-refractivity contribution < 1.29 is 0 Å². The van der Waals surface area contributed by atoms with Gasteiger partial charge in [0.15, 0.2) is 0 Å². The Morgan fingerprint density at radius 2 is 1.94 bits per heavy atom. The molecule has 1 aromatic carbocycles. The summed E-state index contributed by atoms with van der Waals surface area (Å²) in [5.41, 5.74) is 2.62. The van der Waals surface area contributed by atoms with Gasteiger partial charge in [0.25, 0.3) is 0 Å². The Bertz CT molecular complexity index is 343. The summed E-state index contributed by atoms with van der Waals surface area (Å²) in [6.45, 7) is 13.4. The Morgan fingerprint density at radius 3 is 2.44 bits per heavy atom. The van der Waals surface area contributed by atoms with Gasteiger partial charge >= 0.3 is 0 Å². The van der Waals surface area contributed by atoms with E-state index >= 15 is 0 Å². The average Bonchev–Trinajstić information content (AvgIpc) is 2.39. The van der Waals surface area contributed by atoms with Gasteiger partial charge in [0.05, 0.1) is 0 Å². The molecule has 1 atom stereocenters. The third kappa shape index (κ3) is 4.19. The van der Waals surface area contributed by atoms with Crippen molar-refractivity contribution in [3.63, 3.8) is 0 Å². The van der Waals surface area contributed by atoms with E-state index in [4.69, 9.17) is 0 Å². The molecule has 0 aliphatic heterocycles. The van der Waals surface area contributed by atoms with Gasteiger partial charge in [-0.3, -0.25) is 0 Å². The molecule has 0 bridgehead atoms. The summed E-state index contributed by atoms with van der Waals surface area (Å²) < 4.78 is 0. The first-order valence-corrected chi connectivity index (χ1v) is 6.92. The van der Waals surface area contributed by atoms with E-state index in [2.05, 4.69) is 61.8 Å². The van der Waals surface area contributed by atoms with Crippen molar-refractivity contribution in [1.29, 1.82) is 0 Å². The van der Waals surface area contributed by atoms with Crippen molar-refractivity contribution in [1.82, 2.24) is 5.32 Å². The van der Waals surface area contributed by atoms with E-state index in [0.717, 1.165) is 26.1 Å². The molecule has 1 unspecified atom stereocenters. The number of hydrogen-bond donors (Lipinski definition) is 1. The van der Waals surface area contributed by atoms with Crippen LogP contribution >= 0.6 is 0 Å². The minimum absolute atomic E-state index is 0.420. The van der Waals surface area contributed by atoms with Crippen LogP contribution in [0.5, 0.6) is 0 Å². The van der Waals surface area contributed by atoms with E-state index in [1.54, 1.807) is 0 Å². The highest BCUT2D eigenvalue weighted by Crippen LogP contribution is 2.19. The average molecular weight is 246 g/mol. The van der Waals surface area contributed by atoms with Gasteiger partial charge in [-0.25, -0.2) is 0 Å². The number of anilines is 1. The van der Waals surface area contributed by atoms with Gasteiger partial charge in [-0.15, -0.1) is 6.58 Å². The number of rotatable bonds is 8. The molecule has 0 aliphatic rings. The molecule has 0 fully saturated rings.